The van der Waals surface area contributed by atoms with Crippen LogP contribution in [0.2, 0.25) is 0 Å². The van der Waals surface area contributed by atoms with E-state index in [2.05, 4.69) is 18.8 Å². The highest BCUT2D eigenvalue weighted by Gasteiger charge is 2.44. The Morgan fingerprint density at radius 2 is 1.03 bits per heavy atom. The highest BCUT2D eigenvalue weighted by atomic mass is 32.2. The Morgan fingerprint density at radius 3 is 1.40 bits per heavy atom. The molecule has 1 fully saturated rings. The topological polar surface area (TPSA) is 143 Å². The minimum atomic E-state index is -4.27. The number of hydrogen-bond donors (Lipinski definition) is 0. The van der Waals surface area contributed by atoms with E-state index in [-0.39, 0.29) is 43.1 Å². The summed E-state index contributed by atoms with van der Waals surface area (Å²) >= 11 is 0. The molecule has 0 radical (unpaired) electrons. The number of rotatable bonds is 42. The Hall–Kier alpha value is -2.87. The van der Waals surface area contributed by atoms with E-state index in [0.717, 1.165) is 25.7 Å². The number of imidazole rings is 1. The molecule has 67 heavy (non-hydrogen) atoms. The third-order valence-electron chi connectivity index (χ3n) is 13.6. The van der Waals surface area contributed by atoms with Crippen molar-refractivity contribution in [2.24, 2.45) is 5.41 Å². The van der Waals surface area contributed by atoms with Crippen LogP contribution >= 0.6 is 0 Å². The molecule has 0 spiro atoms. The molecule has 0 saturated carbocycles. The summed E-state index contributed by atoms with van der Waals surface area (Å²) in [6, 6.07) is 6.00. The largest absolute Gasteiger partial charge is 0.434 e. The lowest BCUT2D eigenvalue weighted by atomic mass is 9.89. The van der Waals surface area contributed by atoms with Crippen LogP contribution in [0.25, 0.3) is 0 Å². The van der Waals surface area contributed by atoms with Gasteiger partial charge in [0.05, 0.1) is 36.7 Å². The highest BCUT2D eigenvalue weighted by molar-refractivity contribution is 7.86. The third kappa shape index (κ3) is 25.0. The maximum atomic E-state index is 14.0. The summed E-state index contributed by atoms with van der Waals surface area (Å²) in [6.07, 6.45) is 44.4. The van der Waals surface area contributed by atoms with Crippen LogP contribution in [0.15, 0.2) is 41.6 Å². The maximum Gasteiger partial charge on any atom is 0.434 e. The monoisotopic (exact) mass is 959 g/mol. The van der Waals surface area contributed by atoms with E-state index in [0.29, 0.717) is 18.7 Å². The number of nitrogens with zero attached hydrogens (tertiary/aromatic N) is 4. The molecule has 1 saturated heterocycles. The van der Waals surface area contributed by atoms with Gasteiger partial charge in [0, 0.05) is 18.7 Å². The lowest BCUT2D eigenvalue weighted by molar-refractivity contribution is -0.397. The fourth-order valence-electron chi connectivity index (χ4n) is 9.15. The highest BCUT2D eigenvalue weighted by Crippen LogP contribution is 2.34. The average Bonchev–Trinajstić information content (AvgIpc) is 3.79. The van der Waals surface area contributed by atoms with E-state index in [1.165, 1.54) is 209 Å². The molecule has 3 rings (SSSR count). The Morgan fingerprint density at radius 1 is 0.657 bits per heavy atom. The third-order valence-corrected chi connectivity index (χ3v) is 14.9. The molecule has 0 unspecified atom stereocenters. The summed E-state index contributed by atoms with van der Waals surface area (Å²) < 4.78 is 45.9. The zero-order valence-electron chi connectivity index (χ0n) is 42.8. The summed E-state index contributed by atoms with van der Waals surface area (Å²) in [5.41, 5.74) is -0.601. The van der Waals surface area contributed by atoms with Gasteiger partial charge in [-0.25, -0.2) is 4.57 Å². The molecule has 0 bridgehead atoms. The number of carbonyl (C=O) groups is 1. The van der Waals surface area contributed by atoms with E-state index in [9.17, 15) is 23.3 Å². The Kier molecular flexibility index (Phi) is 30.0. The summed E-state index contributed by atoms with van der Waals surface area (Å²) in [7, 11) is -4.27. The van der Waals surface area contributed by atoms with Gasteiger partial charge in [0.15, 0.2) is 5.79 Å². The number of carbonyl (C=O) groups excluding carboxylic acids is 1. The zero-order chi connectivity index (χ0) is 48.5. The number of benzene rings is 1. The van der Waals surface area contributed by atoms with Crippen molar-refractivity contribution in [3.8, 4) is 0 Å². The molecular formula is C54H94N4O8S. The van der Waals surface area contributed by atoms with Gasteiger partial charge in [-0.15, -0.1) is 0 Å². The summed E-state index contributed by atoms with van der Waals surface area (Å²) in [6.45, 7) is 9.19. The maximum absolute atomic E-state index is 14.0. The van der Waals surface area contributed by atoms with Gasteiger partial charge in [0.1, 0.15) is 12.4 Å². The molecule has 1 amide bonds. The Balaban J connectivity index is 1.47. The second-order valence-electron chi connectivity index (χ2n) is 20.2. The van der Waals surface area contributed by atoms with Crippen molar-refractivity contribution in [2.45, 2.75) is 250 Å². The smallest absolute Gasteiger partial charge is 0.390 e. The minimum Gasteiger partial charge on any atom is -0.390 e. The molecule has 384 valence electrons. The van der Waals surface area contributed by atoms with Crippen LogP contribution < -0.4 is 0 Å². The second-order valence-corrected chi connectivity index (χ2v) is 21.8. The van der Waals surface area contributed by atoms with E-state index < -0.39 is 26.2 Å². The van der Waals surface area contributed by atoms with Crippen LogP contribution in [-0.2, 0) is 30.3 Å². The van der Waals surface area contributed by atoms with E-state index in [1.54, 1.807) is 26.0 Å². The number of ether oxygens (including phenoxy) is 2. The van der Waals surface area contributed by atoms with E-state index in [1.807, 2.05) is 4.90 Å². The molecule has 12 nitrogen and oxygen atoms in total. The van der Waals surface area contributed by atoms with Crippen molar-refractivity contribution in [1.82, 2.24) is 14.5 Å². The SMILES string of the molecule is CCCCCCCCCCCCCCCCCCN(CCCCCCCCCCCCCCCCCC)C(=O)c1ccc(S(=O)(=O)OCC2(Cn3ccnc3[N+](=O)[O-])COC(C)(C)OC2)cc1. The summed E-state index contributed by atoms with van der Waals surface area (Å²) in [5, 5.41) is 11.6. The summed E-state index contributed by atoms with van der Waals surface area (Å²) in [4.78, 5) is 30.7. The fraction of sp³-hybridized carbons (Fsp3) is 0.815. The molecule has 2 heterocycles. The molecular weight excluding hydrogens is 865 g/mol. The fourth-order valence-corrected chi connectivity index (χ4v) is 10.2. The van der Waals surface area contributed by atoms with Crippen LogP contribution in [0.5, 0.6) is 0 Å². The molecule has 0 aliphatic carbocycles. The van der Waals surface area contributed by atoms with Crippen LogP contribution in [0.1, 0.15) is 244 Å². The second kappa shape index (κ2) is 34.4. The van der Waals surface area contributed by atoms with Gasteiger partial charge in [-0.3, -0.25) is 8.98 Å². The van der Waals surface area contributed by atoms with Gasteiger partial charge in [-0.05, 0) is 55.9 Å². The normalized spacial score (nSPS) is 14.7. The molecule has 0 atom stereocenters. The molecule has 1 aromatic heterocycles. The quantitative estimate of drug-likeness (QED) is 0.0275. The lowest BCUT2D eigenvalue weighted by Gasteiger charge is -2.42. The minimum absolute atomic E-state index is 0.00299. The van der Waals surface area contributed by atoms with Crippen LogP contribution in [-0.4, -0.2) is 72.4 Å². The molecule has 0 N–H and O–H groups in total. The van der Waals surface area contributed by atoms with Gasteiger partial charge >= 0.3 is 5.95 Å². The van der Waals surface area contributed by atoms with Crippen molar-refractivity contribution in [3.63, 3.8) is 0 Å². The predicted octanol–water partition coefficient (Wildman–Crippen LogP) is 14.9. The predicted molar refractivity (Wildman–Crippen MR) is 272 cm³/mol. The van der Waals surface area contributed by atoms with Crippen molar-refractivity contribution in [3.05, 3.63) is 52.3 Å². The number of unbranched alkanes of at least 4 members (excludes halogenated alkanes) is 30. The van der Waals surface area contributed by atoms with Crippen LogP contribution in [0, 0.1) is 15.5 Å². The van der Waals surface area contributed by atoms with E-state index in [4.69, 9.17) is 13.7 Å². The number of amides is 1. The first-order valence-corrected chi connectivity index (χ1v) is 28.5. The molecule has 1 aliphatic heterocycles. The first-order chi connectivity index (χ1) is 32.4. The van der Waals surface area contributed by atoms with Gasteiger partial charge in [-0.1, -0.05) is 211 Å². The van der Waals surface area contributed by atoms with Crippen molar-refractivity contribution in [2.75, 3.05) is 32.9 Å². The lowest BCUT2D eigenvalue weighted by Crippen LogP contribution is -2.51. The average molecular weight is 959 g/mol. The molecule has 2 aromatic rings. The first kappa shape index (κ1) is 58.4. The Labute approximate surface area is 407 Å². The molecule has 1 aliphatic rings. The Bertz CT molecular complexity index is 1650. The van der Waals surface area contributed by atoms with Crippen molar-refractivity contribution in [1.29, 1.82) is 0 Å². The van der Waals surface area contributed by atoms with Gasteiger partial charge in [0.25, 0.3) is 16.0 Å². The van der Waals surface area contributed by atoms with Crippen LogP contribution in [0.3, 0.4) is 0 Å². The van der Waals surface area contributed by atoms with Gasteiger partial charge in [-0.2, -0.15) is 8.42 Å². The number of hydrogen-bond acceptors (Lipinski definition) is 9. The van der Waals surface area contributed by atoms with Crippen molar-refractivity contribution >= 4 is 22.0 Å². The first-order valence-electron chi connectivity index (χ1n) is 27.1. The van der Waals surface area contributed by atoms with Crippen molar-refractivity contribution < 1.29 is 31.8 Å². The zero-order valence-corrected chi connectivity index (χ0v) is 43.6. The van der Waals surface area contributed by atoms with Gasteiger partial charge in [0.2, 0.25) is 0 Å². The number of nitro groups is 1. The molecule has 1 aromatic carbocycles. The van der Waals surface area contributed by atoms with E-state index >= 15 is 0 Å². The van der Waals surface area contributed by atoms with Gasteiger partial charge < -0.3 is 24.5 Å². The number of aromatic nitrogens is 2. The molecule has 13 heteroatoms. The standard InChI is InChI=1S/C54H94N4O8S/c1-5-7-9-11-13-15-17-19-21-23-25-27-29-31-33-35-42-56(43-36-34-32-30-28-26-24-22-20-18-16-14-12-10-8-6-2)51(59)49-37-39-50(40-38-49)67(62,63)66-48-54(46-64-53(3,4)65-47-54)45-57-44-41-55-52(57)58(60)61/h37-41,44H,5-36,42-43,45-48H2,1-4H3. The summed E-state index contributed by atoms with van der Waals surface area (Å²) in [5.74, 6) is -1.35. The van der Waals surface area contributed by atoms with Crippen LogP contribution in [0.4, 0.5) is 5.95 Å².